The normalized spacial score (nSPS) is 25.4. The van der Waals surface area contributed by atoms with Crippen LogP contribution in [0.25, 0.3) is 0 Å². The van der Waals surface area contributed by atoms with E-state index in [9.17, 15) is 77.0 Å². The second kappa shape index (κ2) is 13.0. The molecule has 20 heteroatoms. The maximum atomic E-state index is 14.3. The average Bonchev–Trinajstić information content (AvgIpc) is 3.52. The number of imide groups is 2. The lowest BCUT2D eigenvalue weighted by Crippen LogP contribution is -2.43. The summed E-state index contributed by atoms with van der Waals surface area (Å²) in [6, 6.07) is 3.94. The first-order valence-corrected chi connectivity index (χ1v) is 16.7. The van der Waals surface area contributed by atoms with Gasteiger partial charge in [0.05, 0.1) is 64.4 Å². The molecule has 3 aromatic carbocycles. The lowest BCUT2D eigenvalue weighted by atomic mass is 9.57. The summed E-state index contributed by atoms with van der Waals surface area (Å²) in [7, 11) is 1.22. The van der Waals surface area contributed by atoms with Gasteiger partial charge in [0.25, 0.3) is 0 Å². The lowest BCUT2D eigenvalue weighted by molar-refractivity contribution is -0.144. The Kier molecular flexibility index (Phi) is 9.04. The number of anilines is 2. The van der Waals surface area contributed by atoms with Crippen LogP contribution in [-0.4, -0.2) is 35.8 Å². The number of amides is 4. The van der Waals surface area contributed by atoms with Gasteiger partial charge >= 0.3 is 24.7 Å². The Labute approximate surface area is 312 Å². The van der Waals surface area contributed by atoms with Crippen LogP contribution in [0.1, 0.15) is 46.6 Å². The smallest absolute Gasteiger partial charge is 0.416 e. The van der Waals surface area contributed by atoms with Crippen LogP contribution in [0.2, 0.25) is 0 Å². The Hall–Kier alpha value is -5.56. The van der Waals surface area contributed by atoms with Gasteiger partial charge in [0.15, 0.2) is 0 Å². The zero-order chi connectivity index (χ0) is 41.9. The Bertz CT molecular complexity index is 2200. The van der Waals surface area contributed by atoms with E-state index in [1.807, 2.05) is 0 Å². The van der Waals surface area contributed by atoms with Gasteiger partial charge < -0.3 is 9.84 Å². The highest BCUT2D eigenvalue weighted by atomic mass is 19.4. The van der Waals surface area contributed by atoms with Gasteiger partial charge in [0, 0.05) is 11.5 Å². The van der Waals surface area contributed by atoms with Gasteiger partial charge in [-0.25, -0.2) is 9.80 Å². The second-order valence-corrected chi connectivity index (χ2v) is 14.0. The number of phenolic OH excluding ortho intramolecular Hbond substituents is 1. The second-order valence-electron chi connectivity index (χ2n) is 14.0. The number of ether oxygens (including phenoxy) is 1. The molecule has 0 bridgehead atoms. The van der Waals surface area contributed by atoms with Crippen LogP contribution in [0, 0.1) is 29.6 Å². The molecule has 4 aliphatic rings. The fourth-order valence-electron chi connectivity index (χ4n) is 8.49. The lowest BCUT2D eigenvalue weighted by Gasteiger charge is -2.44. The highest BCUT2D eigenvalue weighted by Crippen LogP contribution is 2.60. The van der Waals surface area contributed by atoms with E-state index in [1.54, 1.807) is 0 Å². The molecule has 1 saturated carbocycles. The van der Waals surface area contributed by atoms with Crippen molar-refractivity contribution in [3.63, 3.8) is 0 Å². The number of halogens is 12. The monoisotopic (exact) mass is 820 g/mol. The number of hydrogen-bond acceptors (Lipinski definition) is 6. The maximum absolute atomic E-state index is 14.3. The minimum absolute atomic E-state index is 0.0698. The van der Waals surface area contributed by atoms with Gasteiger partial charge in [0.1, 0.15) is 11.5 Å². The average molecular weight is 821 g/mol. The zero-order valence-electron chi connectivity index (χ0n) is 28.6. The van der Waals surface area contributed by atoms with Crippen LogP contribution >= 0.6 is 0 Å². The number of phenols is 1. The van der Waals surface area contributed by atoms with Crippen LogP contribution in [0.3, 0.4) is 0 Å². The highest BCUT2D eigenvalue weighted by molar-refractivity contribution is 6.24. The number of nitrogens with zero attached hydrogens (tertiary/aromatic N) is 2. The van der Waals surface area contributed by atoms with Crippen molar-refractivity contribution in [3.05, 3.63) is 94.1 Å². The molecule has 0 radical (unpaired) electrons. The van der Waals surface area contributed by atoms with Gasteiger partial charge in [0.2, 0.25) is 23.6 Å². The molecule has 3 fully saturated rings. The predicted molar refractivity (Wildman–Crippen MR) is 170 cm³/mol. The van der Waals surface area contributed by atoms with Crippen molar-refractivity contribution < 1.29 is 81.7 Å². The Morgan fingerprint density at radius 1 is 0.579 bits per heavy atom. The van der Waals surface area contributed by atoms with E-state index in [4.69, 9.17) is 4.74 Å². The summed E-state index contributed by atoms with van der Waals surface area (Å²) in [6.07, 6.45) is -21.0. The van der Waals surface area contributed by atoms with E-state index in [0.717, 1.165) is 6.07 Å². The van der Waals surface area contributed by atoms with Gasteiger partial charge in [-0.05, 0) is 73.4 Å². The molecule has 2 heterocycles. The fraction of sp³-hybridized carbons (Fsp3) is 0.351. The number of fused-ring (bicyclic) bond motifs is 4. The molecule has 4 amide bonds. The molecule has 302 valence electrons. The molecule has 57 heavy (non-hydrogen) atoms. The molecule has 3 aromatic rings. The van der Waals surface area contributed by atoms with Crippen molar-refractivity contribution in [3.8, 4) is 11.5 Å². The van der Waals surface area contributed by atoms with Crippen LogP contribution in [0.4, 0.5) is 64.1 Å². The number of carbonyl (C=O) groups excluding carboxylic acids is 4. The third kappa shape index (κ3) is 6.55. The predicted octanol–water partition coefficient (Wildman–Crippen LogP) is 8.52. The van der Waals surface area contributed by atoms with Crippen molar-refractivity contribution in [2.75, 3.05) is 16.9 Å². The summed E-state index contributed by atoms with van der Waals surface area (Å²) >= 11 is 0. The number of aromatic hydroxyl groups is 1. The summed E-state index contributed by atoms with van der Waals surface area (Å²) in [5.41, 5.74) is -9.52. The molecule has 0 aromatic heterocycles. The van der Waals surface area contributed by atoms with Gasteiger partial charge in [-0.1, -0.05) is 11.6 Å². The summed E-state index contributed by atoms with van der Waals surface area (Å²) < 4.78 is 171. The third-order valence-electron chi connectivity index (χ3n) is 10.9. The Morgan fingerprint density at radius 3 is 1.46 bits per heavy atom. The molecular formula is C37H24F12N2O6. The van der Waals surface area contributed by atoms with Gasteiger partial charge in [-0.3, -0.25) is 19.2 Å². The number of benzene rings is 3. The number of hydrogen-bond donors (Lipinski definition) is 1. The minimum Gasteiger partial charge on any atom is -0.508 e. The highest BCUT2D eigenvalue weighted by Gasteiger charge is 2.63. The molecule has 2 aliphatic carbocycles. The van der Waals surface area contributed by atoms with Gasteiger partial charge in [-0.2, -0.15) is 52.7 Å². The first kappa shape index (κ1) is 39.7. The number of alkyl halides is 12. The zero-order valence-corrected chi connectivity index (χ0v) is 28.6. The van der Waals surface area contributed by atoms with Crippen molar-refractivity contribution >= 4 is 35.0 Å². The van der Waals surface area contributed by atoms with Crippen LogP contribution < -0.4 is 14.5 Å². The first-order valence-electron chi connectivity index (χ1n) is 16.7. The number of carbonyl (C=O) groups is 4. The Morgan fingerprint density at radius 2 is 1.02 bits per heavy atom. The van der Waals surface area contributed by atoms with Gasteiger partial charge in [-0.15, -0.1) is 0 Å². The van der Waals surface area contributed by atoms with Crippen LogP contribution in [0.15, 0.2) is 66.2 Å². The van der Waals surface area contributed by atoms with E-state index in [2.05, 4.69) is 0 Å². The summed E-state index contributed by atoms with van der Waals surface area (Å²) in [5, 5.41) is 11.1. The molecule has 6 unspecified atom stereocenters. The molecule has 7 rings (SSSR count). The van der Waals surface area contributed by atoms with Crippen LogP contribution in [-0.2, 0) is 43.9 Å². The first-order chi connectivity index (χ1) is 26.3. The van der Waals surface area contributed by atoms with E-state index < -0.39 is 130 Å². The van der Waals surface area contributed by atoms with Crippen LogP contribution in [0.5, 0.6) is 11.5 Å². The largest absolute Gasteiger partial charge is 0.508 e. The molecule has 1 N–H and O–H groups in total. The summed E-state index contributed by atoms with van der Waals surface area (Å²) in [4.78, 5) is 56.8. The fourth-order valence-corrected chi connectivity index (χ4v) is 8.49. The van der Waals surface area contributed by atoms with E-state index in [0.29, 0.717) is 0 Å². The molecule has 2 aliphatic heterocycles. The third-order valence-corrected chi connectivity index (χ3v) is 10.9. The van der Waals surface area contributed by atoms with E-state index >= 15 is 0 Å². The number of methoxy groups -OCH3 is 1. The standard InChI is InChI=1S/C37H24F12N2O6/c1-57-20-2-5-26(52)24(12-20)27-21-3-4-22-28(32(55)50(30(22)53)18-8-14(34(38,39)40)6-15(9-18)35(41,42)43)23(21)13-25-29(27)33(56)51(31(25)54)19-10-16(36(44,45)46)7-17(11-19)37(47,48)49/h2-3,5-12,22-23,25,27-29,52H,4,13H2,1H3. The molecule has 0 spiro atoms. The van der Waals surface area contributed by atoms with E-state index in [-0.39, 0.29) is 69.5 Å². The summed E-state index contributed by atoms with van der Waals surface area (Å²) in [5.74, 6) is -14.5. The SMILES string of the molecule is COc1ccc(O)c(C2C3=CCC4C(=O)N(c5cc(C(F)(F)F)cc(C(F)(F)F)c5)C(=O)C4C3CC3C(=O)N(c4cc(C(F)(F)F)cc(C(F)(F)F)c4)C(=O)C32)c1. The van der Waals surface area contributed by atoms with E-state index in [1.165, 1.54) is 25.3 Å². The van der Waals surface area contributed by atoms with Crippen molar-refractivity contribution in [1.82, 2.24) is 0 Å². The Balaban J connectivity index is 1.37. The number of allylic oxidation sites excluding steroid dienone is 2. The summed E-state index contributed by atoms with van der Waals surface area (Å²) in [6.45, 7) is 0. The molecule has 2 saturated heterocycles. The van der Waals surface area contributed by atoms with Crippen molar-refractivity contribution in [1.29, 1.82) is 0 Å². The quantitative estimate of drug-likeness (QED) is 0.161. The molecule has 6 atom stereocenters. The number of rotatable bonds is 4. The van der Waals surface area contributed by atoms with Crippen molar-refractivity contribution in [2.24, 2.45) is 29.6 Å². The maximum Gasteiger partial charge on any atom is 0.416 e. The minimum atomic E-state index is -5.37. The molecular weight excluding hydrogens is 796 g/mol. The van der Waals surface area contributed by atoms with Crippen molar-refractivity contribution in [2.45, 2.75) is 43.5 Å². The molecule has 8 nitrogen and oxygen atoms in total. The topological polar surface area (TPSA) is 104 Å².